The van der Waals surface area contributed by atoms with E-state index < -0.39 is 0 Å². The molecule has 0 saturated carbocycles. The number of phenolic OH excluding ortho intramolecular Hbond substituents is 1. The van der Waals surface area contributed by atoms with Crippen molar-refractivity contribution in [3.05, 3.63) is 35.6 Å². The lowest BCUT2D eigenvalue weighted by molar-refractivity contribution is 0.399. The first-order chi connectivity index (χ1) is 9.63. The maximum atomic E-state index is 9.64. The molecule has 1 aromatic carbocycles. The van der Waals surface area contributed by atoms with E-state index >= 15 is 0 Å². The molecule has 0 saturated heterocycles. The Morgan fingerprint density at radius 3 is 2.45 bits per heavy atom. The van der Waals surface area contributed by atoms with E-state index in [1.165, 1.54) is 5.56 Å². The summed E-state index contributed by atoms with van der Waals surface area (Å²) in [7, 11) is 2.58. The monoisotopic (exact) mass is 278 g/mol. The summed E-state index contributed by atoms with van der Waals surface area (Å²) < 4.78 is 10.9. The van der Waals surface area contributed by atoms with E-state index in [1.807, 2.05) is 19.1 Å². The van der Waals surface area contributed by atoms with E-state index in [9.17, 15) is 5.11 Å². The van der Waals surface area contributed by atoms with Crippen molar-refractivity contribution in [3.63, 3.8) is 0 Å². The van der Waals surface area contributed by atoms with Crippen LogP contribution in [-0.4, -0.2) is 24.4 Å². The summed E-state index contributed by atoms with van der Waals surface area (Å²) in [5, 5.41) is 16.6. The van der Waals surface area contributed by atoms with Gasteiger partial charge in [0.05, 0.1) is 7.11 Å². The number of hydrogen-bond acceptors (Lipinski definition) is 4. The van der Waals surface area contributed by atoms with E-state index in [4.69, 9.17) is 14.3 Å². The van der Waals surface area contributed by atoms with E-state index in [-0.39, 0.29) is 5.75 Å². The molecule has 0 atom stereocenters. The van der Waals surface area contributed by atoms with Crippen LogP contribution < -0.4 is 4.74 Å². The predicted molar refractivity (Wildman–Crippen MR) is 79.2 cm³/mol. The molecule has 0 spiro atoms. The number of methoxy groups -OCH3 is 1. The third-order valence-electron chi connectivity index (χ3n) is 2.95. The van der Waals surface area contributed by atoms with E-state index in [1.54, 1.807) is 19.2 Å². The Morgan fingerprint density at radius 1 is 1.15 bits per heavy atom. The van der Waals surface area contributed by atoms with Gasteiger partial charge in [0, 0.05) is 18.7 Å². The van der Waals surface area contributed by atoms with Crippen LogP contribution in [0.25, 0.3) is 11.3 Å². The molecule has 1 aromatic heterocycles. The molecule has 0 radical (unpaired) electrons. The van der Waals surface area contributed by atoms with Crippen LogP contribution in [0.15, 0.2) is 28.7 Å². The van der Waals surface area contributed by atoms with Gasteiger partial charge in [0.1, 0.15) is 23.0 Å². The molecule has 0 bridgehead atoms. The number of rotatable bonds is 4. The van der Waals surface area contributed by atoms with Crippen LogP contribution in [0.2, 0.25) is 0 Å². The highest BCUT2D eigenvalue weighted by Crippen LogP contribution is 2.32. The number of aliphatic hydroxyl groups is 1. The SMILES string of the molecule is CCCc1cc(-c2cc(O)cc(OC)c2)oc1C.CO. The minimum absolute atomic E-state index is 0.176. The summed E-state index contributed by atoms with van der Waals surface area (Å²) in [6.45, 7) is 4.11. The van der Waals surface area contributed by atoms with Crippen molar-refractivity contribution in [3.8, 4) is 22.8 Å². The topological polar surface area (TPSA) is 62.8 Å². The molecule has 0 fully saturated rings. The molecule has 20 heavy (non-hydrogen) atoms. The molecular weight excluding hydrogens is 256 g/mol. The lowest BCUT2D eigenvalue weighted by Crippen LogP contribution is -1.83. The summed E-state index contributed by atoms with van der Waals surface area (Å²) in [6.07, 6.45) is 2.09. The fourth-order valence-corrected chi connectivity index (χ4v) is 2.02. The molecule has 4 nitrogen and oxygen atoms in total. The molecule has 4 heteroatoms. The van der Waals surface area contributed by atoms with Crippen LogP contribution in [0.3, 0.4) is 0 Å². The molecule has 110 valence electrons. The number of aromatic hydroxyl groups is 1. The standard InChI is InChI=1S/C15H18O3.CH4O/c1-4-5-11-8-15(18-10(11)2)12-6-13(16)9-14(7-12)17-3;1-2/h6-9,16H,4-5H2,1-3H3;2H,1H3. The molecule has 0 aliphatic heterocycles. The van der Waals surface area contributed by atoms with Gasteiger partial charge in [0.2, 0.25) is 0 Å². The number of aliphatic hydroxyl groups excluding tert-OH is 1. The zero-order chi connectivity index (χ0) is 15.1. The average Bonchev–Trinajstić information content (AvgIpc) is 2.82. The molecule has 2 N–H and O–H groups in total. The van der Waals surface area contributed by atoms with Crippen molar-refractivity contribution in [1.29, 1.82) is 0 Å². The van der Waals surface area contributed by atoms with Crippen molar-refractivity contribution in [2.75, 3.05) is 14.2 Å². The highest BCUT2D eigenvalue weighted by molar-refractivity contribution is 5.63. The van der Waals surface area contributed by atoms with Crippen LogP contribution in [0.5, 0.6) is 11.5 Å². The zero-order valence-corrected chi connectivity index (χ0v) is 12.4. The molecule has 2 aromatic rings. The van der Waals surface area contributed by atoms with Gasteiger partial charge in [-0.1, -0.05) is 13.3 Å². The first kappa shape index (κ1) is 16.1. The summed E-state index contributed by atoms with van der Waals surface area (Å²) in [4.78, 5) is 0. The zero-order valence-electron chi connectivity index (χ0n) is 12.4. The molecule has 0 aliphatic carbocycles. The molecule has 0 amide bonds. The fraction of sp³-hybridized carbons (Fsp3) is 0.375. The van der Waals surface area contributed by atoms with Crippen LogP contribution >= 0.6 is 0 Å². The van der Waals surface area contributed by atoms with Gasteiger partial charge < -0.3 is 19.4 Å². The van der Waals surface area contributed by atoms with Gasteiger partial charge in [0.25, 0.3) is 0 Å². The van der Waals surface area contributed by atoms with Gasteiger partial charge in [-0.05, 0) is 37.1 Å². The number of ether oxygens (including phenoxy) is 1. The molecule has 1 heterocycles. The van der Waals surface area contributed by atoms with Gasteiger partial charge >= 0.3 is 0 Å². The van der Waals surface area contributed by atoms with Crippen molar-refractivity contribution in [1.82, 2.24) is 0 Å². The normalized spacial score (nSPS) is 9.85. The van der Waals surface area contributed by atoms with Crippen molar-refractivity contribution in [2.24, 2.45) is 0 Å². The number of aryl methyl sites for hydroxylation is 2. The Kier molecular flexibility index (Phi) is 6.12. The summed E-state index contributed by atoms with van der Waals surface area (Å²) >= 11 is 0. The Hall–Kier alpha value is -1.94. The van der Waals surface area contributed by atoms with Crippen LogP contribution in [0, 0.1) is 6.92 Å². The summed E-state index contributed by atoms with van der Waals surface area (Å²) in [6, 6.07) is 7.14. The van der Waals surface area contributed by atoms with Crippen molar-refractivity contribution < 1.29 is 19.4 Å². The minimum atomic E-state index is 0.176. The Labute approximate surface area is 119 Å². The Bertz CT molecular complexity index is 543. The number of phenols is 1. The maximum Gasteiger partial charge on any atom is 0.134 e. The summed E-state index contributed by atoms with van der Waals surface area (Å²) in [5.41, 5.74) is 2.05. The van der Waals surface area contributed by atoms with E-state index in [0.717, 1.165) is 37.0 Å². The van der Waals surface area contributed by atoms with Gasteiger partial charge in [0.15, 0.2) is 0 Å². The lowest BCUT2D eigenvalue weighted by atomic mass is 10.1. The van der Waals surface area contributed by atoms with Crippen LogP contribution in [0.1, 0.15) is 24.7 Å². The Morgan fingerprint density at radius 2 is 1.85 bits per heavy atom. The summed E-state index contributed by atoms with van der Waals surface area (Å²) in [5.74, 6) is 2.51. The highest BCUT2D eigenvalue weighted by Gasteiger charge is 2.10. The first-order valence-corrected chi connectivity index (χ1v) is 6.56. The van der Waals surface area contributed by atoms with Crippen LogP contribution in [0.4, 0.5) is 0 Å². The Balaban J connectivity index is 0.000000956. The second-order valence-corrected chi connectivity index (χ2v) is 4.36. The smallest absolute Gasteiger partial charge is 0.134 e. The molecule has 2 rings (SSSR count). The number of furan rings is 1. The van der Waals surface area contributed by atoms with Crippen molar-refractivity contribution in [2.45, 2.75) is 26.7 Å². The fourth-order valence-electron chi connectivity index (χ4n) is 2.02. The molecular formula is C16H22O4. The van der Waals surface area contributed by atoms with E-state index in [2.05, 4.69) is 6.92 Å². The van der Waals surface area contributed by atoms with Gasteiger partial charge in [-0.25, -0.2) is 0 Å². The van der Waals surface area contributed by atoms with Gasteiger partial charge in [-0.3, -0.25) is 0 Å². The first-order valence-electron chi connectivity index (χ1n) is 6.56. The minimum Gasteiger partial charge on any atom is -0.508 e. The second-order valence-electron chi connectivity index (χ2n) is 4.36. The number of hydrogen-bond donors (Lipinski definition) is 2. The third kappa shape index (κ3) is 3.78. The van der Waals surface area contributed by atoms with Gasteiger partial charge in [-0.15, -0.1) is 0 Å². The number of benzene rings is 1. The van der Waals surface area contributed by atoms with Gasteiger partial charge in [-0.2, -0.15) is 0 Å². The second kappa shape index (κ2) is 7.60. The lowest BCUT2D eigenvalue weighted by Gasteiger charge is -2.03. The molecule has 0 unspecified atom stereocenters. The van der Waals surface area contributed by atoms with Crippen molar-refractivity contribution >= 4 is 0 Å². The van der Waals surface area contributed by atoms with Crippen LogP contribution in [-0.2, 0) is 6.42 Å². The highest BCUT2D eigenvalue weighted by atomic mass is 16.5. The quantitative estimate of drug-likeness (QED) is 0.898. The average molecular weight is 278 g/mol. The maximum absolute atomic E-state index is 9.64. The predicted octanol–water partition coefficient (Wildman–Crippen LogP) is 3.53. The van der Waals surface area contributed by atoms with E-state index in [0.29, 0.717) is 5.75 Å². The third-order valence-corrected chi connectivity index (χ3v) is 2.95. The largest absolute Gasteiger partial charge is 0.508 e. The molecule has 0 aliphatic rings.